The van der Waals surface area contributed by atoms with E-state index in [-0.39, 0.29) is 11.9 Å². The molecule has 0 saturated carbocycles. The number of anilines is 2. The van der Waals surface area contributed by atoms with Crippen LogP contribution in [0.5, 0.6) is 0 Å². The summed E-state index contributed by atoms with van der Waals surface area (Å²) in [5, 5.41) is 3.79. The Morgan fingerprint density at radius 2 is 2.27 bits per heavy atom. The lowest BCUT2D eigenvalue weighted by Gasteiger charge is -2.33. The molecule has 0 bridgehead atoms. The maximum absolute atomic E-state index is 11.9. The lowest BCUT2D eigenvalue weighted by atomic mass is 10.1. The van der Waals surface area contributed by atoms with E-state index in [1.54, 1.807) is 18.0 Å². The molecule has 1 heterocycles. The van der Waals surface area contributed by atoms with Crippen LogP contribution in [0.2, 0.25) is 5.02 Å². The van der Waals surface area contributed by atoms with E-state index in [1.165, 1.54) is 0 Å². The topological polar surface area (TPSA) is 32.3 Å². The van der Waals surface area contributed by atoms with Gasteiger partial charge >= 0.3 is 0 Å². The molecule has 3 nitrogen and oxygen atoms in total. The van der Waals surface area contributed by atoms with Gasteiger partial charge in [-0.05, 0) is 18.6 Å². The van der Waals surface area contributed by atoms with E-state index >= 15 is 0 Å². The lowest BCUT2D eigenvalue weighted by Crippen LogP contribution is -2.44. The first-order valence-electron chi connectivity index (χ1n) is 4.97. The molecule has 0 aliphatic carbocycles. The van der Waals surface area contributed by atoms with E-state index in [0.29, 0.717) is 5.02 Å². The fourth-order valence-electron chi connectivity index (χ4n) is 1.84. The van der Waals surface area contributed by atoms with Crippen molar-refractivity contribution in [3.05, 3.63) is 23.2 Å². The molecule has 1 aliphatic rings. The number of amides is 1. The second kappa shape index (κ2) is 3.74. The summed E-state index contributed by atoms with van der Waals surface area (Å²) >= 11 is 6.06. The summed E-state index contributed by atoms with van der Waals surface area (Å²) in [5.41, 5.74) is 1.70. The van der Waals surface area contributed by atoms with Gasteiger partial charge in [0.05, 0.1) is 16.4 Å². The van der Waals surface area contributed by atoms with E-state index < -0.39 is 0 Å². The Morgan fingerprint density at radius 3 is 2.93 bits per heavy atom. The summed E-state index contributed by atoms with van der Waals surface area (Å²) in [4.78, 5) is 13.5. The molecule has 1 aromatic rings. The van der Waals surface area contributed by atoms with Gasteiger partial charge in [0.25, 0.3) is 0 Å². The highest BCUT2D eigenvalue weighted by Gasteiger charge is 2.29. The number of carbonyl (C=O) groups excluding carboxylic acids is 1. The van der Waals surface area contributed by atoms with Crippen LogP contribution in [0.15, 0.2) is 18.2 Å². The third-order valence-electron chi connectivity index (χ3n) is 2.69. The van der Waals surface area contributed by atoms with Gasteiger partial charge in [0.1, 0.15) is 6.04 Å². The minimum absolute atomic E-state index is 0.0677. The van der Waals surface area contributed by atoms with Crippen LogP contribution in [0.1, 0.15) is 13.3 Å². The van der Waals surface area contributed by atoms with Crippen LogP contribution < -0.4 is 10.2 Å². The summed E-state index contributed by atoms with van der Waals surface area (Å²) in [6, 6.07) is 5.47. The number of likely N-dealkylation sites (N-methyl/N-ethyl adjacent to an activating group) is 1. The van der Waals surface area contributed by atoms with Gasteiger partial charge < -0.3 is 10.2 Å². The van der Waals surface area contributed by atoms with Crippen LogP contribution in [-0.4, -0.2) is 19.0 Å². The summed E-state index contributed by atoms with van der Waals surface area (Å²) in [6.07, 6.45) is 0.773. The molecule has 0 spiro atoms. The van der Waals surface area contributed by atoms with Crippen molar-refractivity contribution in [3.8, 4) is 0 Å². The number of rotatable bonds is 1. The van der Waals surface area contributed by atoms with Crippen molar-refractivity contribution in [3.63, 3.8) is 0 Å². The maximum Gasteiger partial charge on any atom is 0.249 e. The number of benzene rings is 1. The second-order valence-corrected chi connectivity index (χ2v) is 4.05. The van der Waals surface area contributed by atoms with Crippen LogP contribution in [-0.2, 0) is 4.79 Å². The van der Waals surface area contributed by atoms with Crippen molar-refractivity contribution in [2.75, 3.05) is 17.3 Å². The number of carbonyl (C=O) groups is 1. The Hall–Kier alpha value is -1.22. The SMILES string of the molecule is CCC1Nc2cccc(Cl)c2N(C)C1=O. The highest BCUT2D eigenvalue weighted by molar-refractivity contribution is 6.35. The van der Waals surface area contributed by atoms with Crippen molar-refractivity contribution >= 4 is 28.9 Å². The van der Waals surface area contributed by atoms with Crippen LogP contribution in [0.3, 0.4) is 0 Å². The maximum atomic E-state index is 11.9. The molecule has 0 radical (unpaired) electrons. The lowest BCUT2D eigenvalue weighted by molar-refractivity contribution is -0.119. The minimum atomic E-state index is -0.138. The Bertz CT molecular complexity index is 406. The molecule has 1 amide bonds. The van der Waals surface area contributed by atoms with E-state index in [9.17, 15) is 4.79 Å². The van der Waals surface area contributed by atoms with Crippen molar-refractivity contribution in [2.45, 2.75) is 19.4 Å². The predicted molar refractivity (Wildman–Crippen MR) is 62.6 cm³/mol. The fraction of sp³-hybridized carbons (Fsp3) is 0.364. The van der Waals surface area contributed by atoms with E-state index in [0.717, 1.165) is 17.8 Å². The van der Waals surface area contributed by atoms with Gasteiger partial charge in [0.2, 0.25) is 5.91 Å². The standard InChI is InChI=1S/C11H13ClN2O/c1-3-8-11(15)14(2)10-7(12)5-4-6-9(10)13-8/h4-6,8,13H,3H2,1-2H3. The molecule has 15 heavy (non-hydrogen) atoms. The number of nitrogens with one attached hydrogen (secondary N) is 1. The number of halogens is 1. The predicted octanol–water partition coefficient (Wildman–Crippen LogP) is 2.51. The average Bonchev–Trinajstić information content (AvgIpc) is 2.23. The Morgan fingerprint density at radius 1 is 1.53 bits per heavy atom. The first-order chi connectivity index (χ1) is 7.15. The van der Waals surface area contributed by atoms with Gasteiger partial charge in [-0.3, -0.25) is 4.79 Å². The van der Waals surface area contributed by atoms with Crippen molar-refractivity contribution in [2.24, 2.45) is 0 Å². The average molecular weight is 225 g/mol. The molecule has 0 aromatic heterocycles. The zero-order valence-electron chi connectivity index (χ0n) is 8.75. The van der Waals surface area contributed by atoms with Crippen molar-refractivity contribution in [1.29, 1.82) is 0 Å². The van der Waals surface area contributed by atoms with Gasteiger partial charge in [-0.2, -0.15) is 0 Å². The number of para-hydroxylation sites is 1. The molecular weight excluding hydrogens is 212 g/mol. The highest BCUT2D eigenvalue weighted by atomic mass is 35.5. The van der Waals surface area contributed by atoms with E-state index in [1.807, 2.05) is 19.1 Å². The molecule has 1 unspecified atom stereocenters. The van der Waals surface area contributed by atoms with Gasteiger partial charge in [-0.15, -0.1) is 0 Å². The first-order valence-corrected chi connectivity index (χ1v) is 5.35. The molecule has 1 N–H and O–H groups in total. The summed E-state index contributed by atoms with van der Waals surface area (Å²) in [6.45, 7) is 1.99. The van der Waals surface area contributed by atoms with E-state index in [2.05, 4.69) is 5.32 Å². The highest BCUT2D eigenvalue weighted by Crippen LogP contribution is 2.37. The quantitative estimate of drug-likeness (QED) is 0.795. The first kappa shape index (κ1) is 10.3. The molecule has 4 heteroatoms. The molecule has 0 fully saturated rings. The molecule has 1 atom stereocenters. The van der Waals surface area contributed by atoms with Crippen LogP contribution in [0.4, 0.5) is 11.4 Å². The normalized spacial score (nSPS) is 19.8. The molecule has 80 valence electrons. The fourth-order valence-corrected chi connectivity index (χ4v) is 2.14. The van der Waals surface area contributed by atoms with Crippen molar-refractivity contribution in [1.82, 2.24) is 0 Å². The summed E-state index contributed by atoms with van der Waals surface area (Å²) in [5.74, 6) is 0.0677. The largest absolute Gasteiger partial charge is 0.372 e. The number of hydrogen-bond donors (Lipinski definition) is 1. The van der Waals surface area contributed by atoms with Gasteiger partial charge in [0.15, 0.2) is 0 Å². The minimum Gasteiger partial charge on any atom is -0.372 e. The Labute approximate surface area is 94.0 Å². The van der Waals surface area contributed by atoms with Crippen LogP contribution in [0, 0.1) is 0 Å². The Kier molecular flexibility index (Phi) is 2.57. The molecule has 0 saturated heterocycles. The van der Waals surface area contributed by atoms with Crippen LogP contribution in [0.25, 0.3) is 0 Å². The zero-order valence-corrected chi connectivity index (χ0v) is 9.51. The summed E-state index contributed by atoms with van der Waals surface area (Å²) < 4.78 is 0. The van der Waals surface area contributed by atoms with Gasteiger partial charge in [0, 0.05) is 7.05 Å². The third kappa shape index (κ3) is 1.57. The van der Waals surface area contributed by atoms with Gasteiger partial charge in [-0.1, -0.05) is 24.6 Å². The molecular formula is C11H13ClN2O. The second-order valence-electron chi connectivity index (χ2n) is 3.64. The van der Waals surface area contributed by atoms with Crippen molar-refractivity contribution < 1.29 is 4.79 Å². The number of fused-ring (bicyclic) bond motifs is 1. The summed E-state index contributed by atoms with van der Waals surface area (Å²) in [7, 11) is 1.76. The van der Waals surface area contributed by atoms with E-state index in [4.69, 9.17) is 11.6 Å². The molecule has 1 aliphatic heterocycles. The monoisotopic (exact) mass is 224 g/mol. The molecule has 2 rings (SSSR count). The smallest absolute Gasteiger partial charge is 0.249 e. The van der Waals surface area contributed by atoms with Gasteiger partial charge in [-0.25, -0.2) is 0 Å². The number of nitrogens with zero attached hydrogens (tertiary/aromatic N) is 1. The molecule has 1 aromatic carbocycles. The van der Waals surface area contributed by atoms with Crippen LogP contribution >= 0.6 is 11.6 Å². The number of hydrogen-bond acceptors (Lipinski definition) is 2. The Balaban J connectivity index is 2.50. The zero-order chi connectivity index (χ0) is 11.0. The third-order valence-corrected chi connectivity index (χ3v) is 2.99.